The number of rotatable bonds is 3. The van der Waals surface area contributed by atoms with Crippen molar-refractivity contribution in [3.63, 3.8) is 0 Å². The third-order valence-electron chi connectivity index (χ3n) is 2.56. The van der Waals surface area contributed by atoms with Crippen molar-refractivity contribution in [2.24, 2.45) is 7.05 Å². The van der Waals surface area contributed by atoms with Crippen LogP contribution in [-0.4, -0.2) is 24.0 Å². The number of benzene rings is 1. The minimum absolute atomic E-state index is 0.482. The van der Waals surface area contributed by atoms with Crippen LogP contribution in [0.15, 0.2) is 24.4 Å². The van der Waals surface area contributed by atoms with Gasteiger partial charge in [0.1, 0.15) is 11.5 Å². The van der Waals surface area contributed by atoms with Gasteiger partial charge in [-0.25, -0.2) is 0 Å². The van der Waals surface area contributed by atoms with Crippen LogP contribution < -0.4 is 15.2 Å². The first-order valence-corrected chi connectivity index (χ1v) is 5.17. The fourth-order valence-corrected chi connectivity index (χ4v) is 1.73. The molecular formula is C12H15N3O2. The number of nitrogen functional groups attached to an aromatic ring is 1. The summed E-state index contributed by atoms with van der Waals surface area (Å²) in [4.78, 5) is 0. The highest BCUT2D eigenvalue weighted by Crippen LogP contribution is 2.35. The van der Waals surface area contributed by atoms with E-state index in [1.807, 2.05) is 31.4 Å². The molecule has 0 bridgehead atoms. The lowest BCUT2D eigenvalue weighted by Gasteiger charge is -2.09. The molecule has 2 rings (SSSR count). The molecule has 0 atom stereocenters. The van der Waals surface area contributed by atoms with E-state index in [0.717, 1.165) is 16.9 Å². The maximum absolute atomic E-state index is 5.85. The van der Waals surface area contributed by atoms with Gasteiger partial charge in [0, 0.05) is 30.4 Å². The molecular weight excluding hydrogens is 218 g/mol. The predicted octanol–water partition coefficient (Wildman–Crippen LogP) is 1.69. The average Bonchev–Trinajstić information content (AvgIpc) is 2.67. The van der Waals surface area contributed by atoms with Crippen molar-refractivity contribution < 1.29 is 9.47 Å². The van der Waals surface area contributed by atoms with Gasteiger partial charge in [0.25, 0.3) is 0 Å². The van der Waals surface area contributed by atoms with Gasteiger partial charge in [0.05, 0.1) is 14.2 Å². The van der Waals surface area contributed by atoms with Gasteiger partial charge in [-0.2, -0.15) is 5.10 Å². The summed E-state index contributed by atoms with van der Waals surface area (Å²) in [5.41, 5.74) is 7.60. The van der Waals surface area contributed by atoms with Crippen molar-refractivity contribution in [3.8, 4) is 22.6 Å². The molecule has 0 amide bonds. The summed E-state index contributed by atoms with van der Waals surface area (Å²) < 4.78 is 12.2. The van der Waals surface area contributed by atoms with Crippen molar-refractivity contribution >= 4 is 5.82 Å². The summed E-state index contributed by atoms with van der Waals surface area (Å²) in [6.45, 7) is 0. The summed E-state index contributed by atoms with van der Waals surface area (Å²) in [6, 6.07) is 5.59. The van der Waals surface area contributed by atoms with Crippen LogP contribution in [0.2, 0.25) is 0 Å². The zero-order valence-corrected chi connectivity index (χ0v) is 10.1. The second-order valence-electron chi connectivity index (χ2n) is 3.67. The molecule has 2 aromatic rings. The van der Waals surface area contributed by atoms with Crippen LogP contribution in [-0.2, 0) is 7.05 Å². The van der Waals surface area contributed by atoms with E-state index in [1.165, 1.54) is 0 Å². The van der Waals surface area contributed by atoms with Crippen LogP contribution >= 0.6 is 0 Å². The predicted molar refractivity (Wildman–Crippen MR) is 66.2 cm³/mol. The molecule has 0 fully saturated rings. The minimum atomic E-state index is 0.482. The van der Waals surface area contributed by atoms with Gasteiger partial charge in [-0.05, 0) is 12.1 Å². The summed E-state index contributed by atoms with van der Waals surface area (Å²) >= 11 is 0. The number of hydrogen-bond donors (Lipinski definition) is 1. The molecule has 90 valence electrons. The summed E-state index contributed by atoms with van der Waals surface area (Å²) in [7, 11) is 5.06. The maximum Gasteiger partial charge on any atom is 0.153 e. The van der Waals surface area contributed by atoms with Crippen LogP contribution in [0, 0.1) is 0 Å². The molecule has 0 aliphatic rings. The van der Waals surface area contributed by atoms with Crippen molar-refractivity contribution in [3.05, 3.63) is 24.4 Å². The highest BCUT2D eigenvalue weighted by Gasteiger charge is 2.12. The summed E-state index contributed by atoms with van der Waals surface area (Å²) in [5, 5.41) is 4.11. The summed E-state index contributed by atoms with van der Waals surface area (Å²) in [6.07, 6.45) is 1.86. The van der Waals surface area contributed by atoms with Crippen LogP contribution in [0.1, 0.15) is 0 Å². The number of anilines is 1. The standard InChI is InChI=1S/C12H15N3O2/c1-15-7-10(12(13)14-15)9-5-4-8(16-2)6-11(9)17-3/h4-7H,1-3H3,(H2,13,14). The highest BCUT2D eigenvalue weighted by atomic mass is 16.5. The molecule has 1 aromatic heterocycles. The molecule has 2 N–H and O–H groups in total. The number of ether oxygens (including phenoxy) is 2. The summed E-state index contributed by atoms with van der Waals surface area (Å²) in [5.74, 6) is 1.94. The van der Waals surface area contributed by atoms with Gasteiger partial charge < -0.3 is 15.2 Å². The lowest BCUT2D eigenvalue weighted by atomic mass is 10.1. The molecule has 5 heteroatoms. The van der Waals surface area contributed by atoms with E-state index < -0.39 is 0 Å². The first-order valence-electron chi connectivity index (χ1n) is 5.17. The van der Waals surface area contributed by atoms with Crippen molar-refractivity contribution in [1.29, 1.82) is 0 Å². The molecule has 1 heterocycles. The lowest BCUT2D eigenvalue weighted by molar-refractivity contribution is 0.395. The molecule has 17 heavy (non-hydrogen) atoms. The van der Waals surface area contributed by atoms with Gasteiger partial charge in [0.2, 0.25) is 0 Å². The maximum atomic E-state index is 5.85. The monoisotopic (exact) mass is 233 g/mol. The van der Waals surface area contributed by atoms with E-state index in [-0.39, 0.29) is 0 Å². The Morgan fingerprint density at radius 1 is 1.18 bits per heavy atom. The van der Waals surface area contributed by atoms with Crippen molar-refractivity contribution in [2.45, 2.75) is 0 Å². The van der Waals surface area contributed by atoms with Crippen molar-refractivity contribution in [1.82, 2.24) is 9.78 Å². The fourth-order valence-electron chi connectivity index (χ4n) is 1.73. The number of methoxy groups -OCH3 is 2. The average molecular weight is 233 g/mol. The molecule has 0 spiro atoms. The normalized spacial score (nSPS) is 10.3. The highest BCUT2D eigenvalue weighted by molar-refractivity contribution is 5.78. The molecule has 0 radical (unpaired) electrons. The van der Waals surface area contributed by atoms with Gasteiger partial charge in [0.15, 0.2) is 5.82 Å². The third-order valence-corrected chi connectivity index (χ3v) is 2.56. The Morgan fingerprint density at radius 3 is 2.47 bits per heavy atom. The van der Waals surface area contributed by atoms with Gasteiger partial charge in [-0.15, -0.1) is 0 Å². The zero-order chi connectivity index (χ0) is 12.4. The molecule has 0 saturated carbocycles. The molecule has 0 aliphatic heterocycles. The molecule has 0 unspecified atom stereocenters. The van der Waals surface area contributed by atoms with Crippen LogP contribution in [0.5, 0.6) is 11.5 Å². The van der Waals surface area contributed by atoms with Gasteiger partial charge in [-0.1, -0.05) is 0 Å². The van der Waals surface area contributed by atoms with E-state index in [4.69, 9.17) is 15.2 Å². The van der Waals surface area contributed by atoms with Crippen molar-refractivity contribution in [2.75, 3.05) is 20.0 Å². The fraction of sp³-hybridized carbons (Fsp3) is 0.250. The van der Waals surface area contributed by atoms with Crippen LogP contribution in [0.3, 0.4) is 0 Å². The smallest absolute Gasteiger partial charge is 0.153 e. The number of hydrogen-bond acceptors (Lipinski definition) is 4. The van der Waals surface area contributed by atoms with E-state index >= 15 is 0 Å². The quantitative estimate of drug-likeness (QED) is 0.876. The van der Waals surface area contributed by atoms with E-state index in [2.05, 4.69) is 5.10 Å². The SMILES string of the molecule is COc1ccc(-c2cn(C)nc2N)c(OC)c1. The van der Waals surface area contributed by atoms with E-state index in [9.17, 15) is 0 Å². The second-order valence-corrected chi connectivity index (χ2v) is 3.67. The molecule has 1 aromatic carbocycles. The first-order chi connectivity index (χ1) is 8.15. The Labute approximate surface area is 99.8 Å². The Balaban J connectivity index is 2.55. The Kier molecular flexibility index (Phi) is 2.91. The van der Waals surface area contributed by atoms with Crippen LogP contribution in [0.4, 0.5) is 5.82 Å². The largest absolute Gasteiger partial charge is 0.497 e. The number of aromatic nitrogens is 2. The van der Waals surface area contributed by atoms with Gasteiger partial charge >= 0.3 is 0 Å². The van der Waals surface area contributed by atoms with Gasteiger partial charge in [-0.3, -0.25) is 4.68 Å². The number of nitrogens with zero attached hydrogens (tertiary/aromatic N) is 2. The minimum Gasteiger partial charge on any atom is -0.497 e. The first kappa shape index (κ1) is 11.3. The molecule has 0 saturated heterocycles. The van der Waals surface area contributed by atoms with E-state index in [1.54, 1.807) is 18.9 Å². The molecule has 5 nitrogen and oxygen atoms in total. The van der Waals surface area contributed by atoms with E-state index in [0.29, 0.717) is 11.6 Å². The Morgan fingerprint density at radius 2 is 1.94 bits per heavy atom. The zero-order valence-electron chi connectivity index (χ0n) is 10.1. The molecule has 0 aliphatic carbocycles. The van der Waals surface area contributed by atoms with Crippen LogP contribution in [0.25, 0.3) is 11.1 Å². The number of nitrogens with two attached hydrogens (primary N) is 1. The lowest BCUT2D eigenvalue weighted by Crippen LogP contribution is -1.93. The Bertz CT molecular complexity index is 535. The number of aryl methyl sites for hydroxylation is 1. The Hall–Kier alpha value is -2.17. The third kappa shape index (κ3) is 2.04. The second kappa shape index (κ2) is 4.37. The topological polar surface area (TPSA) is 62.3 Å².